The molecule has 0 aromatic rings. The van der Waals surface area contributed by atoms with Gasteiger partial charge in [0.2, 0.25) is 0 Å². The molecule has 0 saturated heterocycles. The molecule has 0 saturated carbocycles. The summed E-state index contributed by atoms with van der Waals surface area (Å²) < 4.78 is 0. The minimum atomic E-state index is 0.566. The predicted octanol–water partition coefficient (Wildman–Crippen LogP) is 4.92. The van der Waals surface area contributed by atoms with Gasteiger partial charge >= 0.3 is 0 Å². The van der Waals surface area contributed by atoms with Gasteiger partial charge in [-0.1, -0.05) is 23.8 Å². The van der Waals surface area contributed by atoms with Crippen LogP contribution in [0, 0.1) is 5.92 Å². The Labute approximate surface area is 99.6 Å². The molecule has 0 aromatic carbocycles. The van der Waals surface area contributed by atoms with Crippen LogP contribution in [0.2, 0.25) is 0 Å². The zero-order valence-corrected chi connectivity index (χ0v) is 10.8. The number of hydrogen-bond donors (Lipinski definition) is 1. The second-order valence-corrected chi connectivity index (χ2v) is 5.10. The number of hydrogen-bond acceptors (Lipinski definition) is 1. The van der Waals surface area contributed by atoms with Gasteiger partial charge in [-0.25, -0.2) is 0 Å². The van der Waals surface area contributed by atoms with E-state index in [1.807, 2.05) is 6.92 Å². The van der Waals surface area contributed by atoms with Crippen LogP contribution in [0.25, 0.3) is 0 Å². The molecule has 0 spiro atoms. The Hall–Kier alpha value is -0.980. The number of aliphatic hydroxyl groups is 1. The van der Waals surface area contributed by atoms with E-state index in [2.05, 4.69) is 26.5 Å². The molecule has 0 radical (unpaired) electrons. The minimum Gasteiger partial charge on any atom is -0.512 e. The third-order valence-corrected chi connectivity index (χ3v) is 3.56. The summed E-state index contributed by atoms with van der Waals surface area (Å²) in [4.78, 5) is 0. The van der Waals surface area contributed by atoms with E-state index in [0.29, 0.717) is 11.7 Å². The Morgan fingerprint density at radius 2 is 2.00 bits per heavy atom. The molecule has 0 amide bonds. The molecule has 1 N–H and O–H groups in total. The monoisotopic (exact) mass is 220 g/mol. The van der Waals surface area contributed by atoms with Crippen LogP contribution in [0.15, 0.2) is 35.1 Å². The highest BCUT2D eigenvalue weighted by atomic mass is 16.3. The summed E-state index contributed by atoms with van der Waals surface area (Å²) in [5.74, 6) is 1.16. The van der Waals surface area contributed by atoms with Crippen LogP contribution >= 0.6 is 0 Å². The maximum Gasteiger partial charge on any atom is 0.0914 e. The standard InChI is InChI=1S/C15H24O/c1-11(2)14-8-5-12(3)6-10-15(16)13(4)7-9-14/h5,14,16H,1,6-10H2,2-4H3/b12-5+,15-13+/t14-/m0/s1. The summed E-state index contributed by atoms with van der Waals surface area (Å²) in [6, 6.07) is 0. The molecule has 0 heterocycles. The van der Waals surface area contributed by atoms with Crippen molar-refractivity contribution >= 4 is 0 Å². The molecule has 1 aliphatic carbocycles. The van der Waals surface area contributed by atoms with E-state index in [1.165, 1.54) is 11.1 Å². The van der Waals surface area contributed by atoms with Crippen LogP contribution in [-0.4, -0.2) is 5.11 Å². The number of aliphatic hydroxyl groups excluding tert-OH is 1. The Balaban J connectivity index is 2.80. The molecule has 16 heavy (non-hydrogen) atoms. The van der Waals surface area contributed by atoms with Crippen LogP contribution in [0.1, 0.15) is 52.9 Å². The first-order chi connectivity index (χ1) is 7.50. The van der Waals surface area contributed by atoms with E-state index >= 15 is 0 Å². The van der Waals surface area contributed by atoms with Crippen LogP contribution in [0.3, 0.4) is 0 Å². The van der Waals surface area contributed by atoms with E-state index in [-0.39, 0.29) is 0 Å². The van der Waals surface area contributed by atoms with Crippen LogP contribution in [0.5, 0.6) is 0 Å². The third kappa shape index (κ3) is 3.88. The van der Waals surface area contributed by atoms with Gasteiger partial charge in [0.15, 0.2) is 0 Å². The summed E-state index contributed by atoms with van der Waals surface area (Å²) >= 11 is 0. The average Bonchev–Trinajstić information content (AvgIpc) is 2.23. The highest BCUT2D eigenvalue weighted by Crippen LogP contribution is 2.27. The van der Waals surface area contributed by atoms with Gasteiger partial charge in [0.1, 0.15) is 0 Å². The SMILES string of the molecule is C=C(C)[C@H]1C/C=C(\C)CC/C(O)=C(/C)CC1. The molecule has 0 aliphatic heterocycles. The fourth-order valence-electron chi connectivity index (χ4n) is 2.07. The van der Waals surface area contributed by atoms with Crippen molar-refractivity contribution in [1.82, 2.24) is 0 Å². The number of rotatable bonds is 1. The van der Waals surface area contributed by atoms with Crippen molar-refractivity contribution in [2.75, 3.05) is 0 Å². The van der Waals surface area contributed by atoms with E-state index < -0.39 is 0 Å². The average molecular weight is 220 g/mol. The maximum atomic E-state index is 9.87. The predicted molar refractivity (Wildman–Crippen MR) is 70.5 cm³/mol. The summed E-state index contributed by atoms with van der Waals surface area (Å²) in [6.07, 6.45) is 7.30. The van der Waals surface area contributed by atoms with Gasteiger partial charge in [-0.3, -0.25) is 0 Å². The largest absolute Gasteiger partial charge is 0.512 e. The van der Waals surface area contributed by atoms with Gasteiger partial charge < -0.3 is 5.11 Å². The van der Waals surface area contributed by atoms with Crippen molar-refractivity contribution in [3.8, 4) is 0 Å². The lowest BCUT2D eigenvalue weighted by Gasteiger charge is -2.18. The second-order valence-electron chi connectivity index (χ2n) is 5.10. The number of allylic oxidation sites excluding steroid dienone is 5. The van der Waals surface area contributed by atoms with Crippen molar-refractivity contribution in [1.29, 1.82) is 0 Å². The summed E-state index contributed by atoms with van der Waals surface area (Å²) in [6.45, 7) is 10.4. The Kier molecular flexibility index (Phi) is 4.85. The Bertz CT molecular complexity index is 320. The van der Waals surface area contributed by atoms with Crippen LogP contribution in [-0.2, 0) is 0 Å². The third-order valence-electron chi connectivity index (χ3n) is 3.56. The van der Waals surface area contributed by atoms with Gasteiger partial charge in [-0.2, -0.15) is 0 Å². The van der Waals surface area contributed by atoms with E-state index in [4.69, 9.17) is 0 Å². The smallest absolute Gasteiger partial charge is 0.0914 e. The Morgan fingerprint density at radius 1 is 1.31 bits per heavy atom. The van der Waals surface area contributed by atoms with Gasteiger partial charge in [0.25, 0.3) is 0 Å². The summed E-state index contributed by atoms with van der Waals surface area (Å²) in [5.41, 5.74) is 3.80. The molecule has 1 atom stereocenters. The molecular formula is C15H24O. The molecule has 1 nitrogen and oxygen atoms in total. The van der Waals surface area contributed by atoms with Crippen LogP contribution < -0.4 is 0 Å². The molecule has 1 rings (SSSR count). The molecule has 90 valence electrons. The highest BCUT2D eigenvalue weighted by Gasteiger charge is 2.12. The van der Waals surface area contributed by atoms with Crippen LogP contribution in [0.4, 0.5) is 0 Å². The van der Waals surface area contributed by atoms with E-state index in [9.17, 15) is 5.11 Å². The fourth-order valence-corrected chi connectivity index (χ4v) is 2.07. The van der Waals surface area contributed by atoms with Gasteiger partial charge in [-0.15, -0.1) is 0 Å². The molecular weight excluding hydrogens is 196 g/mol. The van der Waals surface area contributed by atoms with Crippen molar-refractivity contribution in [2.24, 2.45) is 5.92 Å². The zero-order valence-electron chi connectivity index (χ0n) is 10.8. The molecule has 1 heteroatoms. The molecule has 0 unspecified atom stereocenters. The highest BCUT2D eigenvalue weighted by molar-refractivity contribution is 5.12. The van der Waals surface area contributed by atoms with E-state index in [1.54, 1.807) is 0 Å². The van der Waals surface area contributed by atoms with Gasteiger partial charge in [0.05, 0.1) is 5.76 Å². The lowest BCUT2D eigenvalue weighted by Crippen LogP contribution is -2.03. The van der Waals surface area contributed by atoms with Crippen molar-refractivity contribution in [2.45, 2.75) is 52.9 Å². The molecule has 0 bridgehead atoms. The first kappa shape index (κ1) is 13.1. The van der Waals surface area contributed by atoms with Gasteiger partial charge in [-0.05, 0) is 57.9 Å². The van der Waals surface area contributed by atoms with Crippen molar-refractivity contribution in [3.05, 3.63) is 35.1 Å². The topological polar surface area (TPSA) is 20.2 Å². The van der Waals surface area contributed by atoms with Crippen molar-refractivity contribution in [3.63, 3.8) is 0 Å². The summed E-state index contributed by atoms with van der Waals surface area (Å²) in [7, 11) is 0. The zero-order chi connectivity index (χ0) is 12.1. The lowest BCUT2D eigenvalue weighted by molar-refractivity contribution is 0.374. The minimum absolute atomic E-state index is 0.566. The second kappa shape index (κ2) is 5.93. The van der Waals surface area contributed by atoms with E-state index in [0.717, 1.165) is 37.7 Å². The molecule has 0 fully saturated rings. The molecule has 1 aliphatic rings. The first-order valence-electron chi connectivity index (χ1n) is 6.19. The fraction of sp³-hybridized carbons (Fsp3) is 0.600. The van der Waals surface area contributed by atoms with Crippen molar-refractivity contribution < 1.29 is 5.11 Å². The normalized spacial score (nSPS) is 31.7. The molecule has 0 aromatic heterocycles. The Morgan fingerprint density at radius 3 is 2.62 bits per heavy atom. The summed E-state index contributed by atoms with van der Waals surface area (Å²) in [5, 5.41) is 9.87. The van der Waals surface area contributed by atoms with Gasteiger partial charge in [0, 0.05) is 6.42 Å². The first-order valence-corrected chi connectivity index (χ1v) is 6.19. The quantitative estimate of drug-likeness (QED) is 0.622. The maximum absolute atomic E-state index is 9.87. The lowest BCUT2D eigenvalue weighted by atomic mass is 9.88.